The molecule has 0 bridgehead atoms. The van der Waals surface area contributed by atoms with Gasteiger partial charge in [-0.1, -0.05) is 30.0 Å². The van der Waals surface area contributed by atoms with E-state index in [4.69, 9.17) is 4.74 Å². The Balaban J connectivity index is 1.62. The Morgan fingerprint density at radius 1 is 1.35 bits per heavy atom. The zero-order valence-corrected chi connectivity index (χ0v) is 20.1. The van der Waals surface area contributed by atoms with Gasteiger partial charge in [0, 0.05) is 12.1 Å². The number of carbonyl (C=O) groups excluding carboxylic acids is 2. The smallest absolute Gasteiger partial charge is 0.240 e. The Morgan fingerprint density at radius 3 is 2.74 bits per heavy atom. The second-order valence-corrected chi connectivity index (χ2v) is 9.17. The Kier molecular flexibility index (Phi) is 7.55. The van der Waals surface area contributed by atoms with Gasteiger partial charge in [-0.25, -0.2) is 0 Å². The molecule has 3 rings (SSSR count). The Morgan fingerprint density at radius 2 is 2.06 bits per heavy atom. The van der Waals surface area contributed by atoms with Crippen LogP contribution in [-0.2, 0) is 9.59 Å². The predicted octanol–water partition coefficient (Wildman–Crippen LogP) is 3.57. The van der Waals surface area contributed by atoms with Crippen molar-refractivity contribution in [1.82, 2.24) is 5.32 Å². The molecule has 1 unspecified atom stereocenters. The van der Waals surface area contributed by atoms with Gasteiger partial charge in [0.1, 0.15) is 5.25 Å². The molecule has 10 heteroatoms. The number of aromatic hydroxyl groups is 1. The number of anilines is 1. The number of rotatable bonds is 6. The minimum Gasteiger partial charge on any atom is -0.504 e. The molecular formula is C21H21IN4O4S. The summed E-state index contributed by atoms with van der Waals surface area (Å²) in [6, 6.07) is 9.13. The molecule has 0 spiro atoms. The third-order valence-electron chi connectivity index (χ3n) is 4.52. The summed E-state index contributed by atoms with van der Waals surface area (Å²) in [5.74, 6) is -0.122. The van der Waals surface area contributed by atoms with Crippen molar-refractivity contribution in [3.63, 3.8) is 0 Å². The van der Waals surface area contributed by atoms with E-state index in [1.165, 1.54) is 13.3 Å². The summed E-state index contributed by atoms with van der Waals surface area (Å²) in [4.78, 5) is 24.7. The summed E-state index contributed by atoms with van der Waals surface area (Å²) in [6.07, 6.45) is 1.52. The number of para-hydroxylation sites is 1. The van der Waals surface area contributed by atoms with Gasteiger partial charge in [-0.15, -0.1) is 5.10 Å². The van der Waals surface area contributed by atoms with Crippen molar-refractivity contribution in [3.05, 3.63) is 50.6 Å². The van der Waals surface area contributed by atoms with Crippen LogP contribution in [0.25, 0.3) is 0 Å². The first-order chi connectivity index (χ1) is 14.8. The number of methoxy groups -OCH3 is 1. The van der Waals surface area contributed by atoms with E-state index >= 15 is 0 Å². The van der Waals surface area contributed by atoms with Gasteiger partial charge < -0.3 is 20.5 Å². The van der Waals surface area contributed by atoms with Crippen LogP contribution in [0.15, 0.2) is 40.5 Å². The zero-order chi connectivity index (χ0) is 22.5. The lowest BCUT2D eigenvalue weighted by Gasteiger charge is -2.12. The molecule has 2 aromatic rings. The van der Waals surface area contributed by atoms with Gasteiger partial charge in [0.05, 0.1) is 16.9 Å². The molecule has 1 heterocycles. The largest absolute Gasteiger partial charge is 0.504 e. The van der Waals surface area contributed by atoms with Crippen molar-refractivity contribution in [1.29, 1.82) is 0 Å². The van der Waals surface area contributed by atoms with Crippen LogP contribution >= 0.6 is 34.4 Å². The third-order valence-corrected chi connectivity index (χ3v) is 6.41. The molecule has 2 aromatic carbocycles. The summed E-state index contributed by atoms with van der Waals surface area (Å²) < 4.78 is 5.73. The maximum absolute atomic E-state index is 12.4. The Bertz CT molecular complexity index is 1070. The molecule has 3 N–H and O–H groups in total. The number of hydrogen-bond donors (Lipinski definition) is 3. The number of nitrogens with zero attached hydrogens (tertiary/aromatic N) is 2. The molecule has 1 aliphatic heterocycles. The van der Waals surface area contributed by atoms with Crippen LogP contribution in [-0.4, -0.2) is 40.7 Å². The van der Waals surface area contributed by atoms with Crippen molar-refractivity contribution >= 4 is 63.2 Å². The molecule has 1 fully saturated rings. The van der Waals surface area contributed by atoms with Crippen LogP contribution in [0, 0.1) is 17.4 Å². The fraction of sp³-hybridized carbons (Fsp3) is 0.238. The minimum absolute atomic E-state index is 0.0281. The molecule has 0 radical (unpaired) electrons. The molecule has 1 atom stereocenters. The minimum atomic E-state index is -0.576. The number of hydrogen-bond acceptors (Lipinski definition) is 7. The Hall–Kier alpha value is -2.60. The molecular weight excluding hydrogens is 531 g/mol. The lowest BCUT2D eigenvalue weighted by atomic mass is 10.1. The maximum atomic E-state index is 12.4. The number of halogens is 1. The molecule has 1 aliphatic rings. The summed E-state index contributed by atoms with van der Waals surface area (Å²) in [7, 11) is 1.47. The number of ether oxygens (including phenoxy) is 1. The summed E-state index contributed by atoms with van der Waals surface area (Å²) >= 11 is 3.15. The number of thioether (sulfide) groups is 1. The number of amides is 2. The fourth-order valence-electron chi connectivity index (χ4n) is 2.93. The highest BCUT2D eigenvalue weighted by atomic mass is 127. The van der Waals surface area contributed by atoms with Gasteiger partial charge in [-0.3, -0.25) is 9.59 Å². The van der Waals surface area contributed by atoms with Gasteiger partial charge >= 0.3 is 0 Å². The first-order valence-corrected chi connectivity index (χ1v) is 11.3. The van der Waals surface area contributed by atoms with Gasteiger partial charge in [0.25, 0.3) is 0 Å². The van der Waals surface area contributed by atoms with E-state index in [-0.39, 0.29) is 24.0 Å². The second kappa shape index (κ2) is 10.1. The standard InChI is InChI=1S/C21H21IN4O4S/c1-11-5-4-6-12(2)18(11)24-17(27)9-16-20(29)25-21(31-16)26-23-10-13-7-14(22)19(28)15(8-13)30-3/h4-8,10,16,28H,9H2,1-3H3,(H,24,27)(H,25,26,29). The van der Waals surface area contributed by atoms with E-state index in [0.717, 1.165) is 28.6 Å². The molecule has 162 valence electrons. The summed E-state index contributed by atoms with van der Waals surface area (Å²) in [5.41, 5.74) is 3.39. The number of benzene rings is 2. The second-order valence-electron chi connectivity index (χ2n) is 6.82. The van der Waals surface area contributed by atoms with Crippen LogP contribution in [0.2, 0.25) is 0 Å². The normalized spacial score (nSPS) is 17.2. The van der Waals surface area contributed by atoms with E-state index in [1.54, 1.807) is 12.1 Å². The zero-order valence-electron chi connectivity index (χ0n) is 17.1. The monoisotopic (exact) mass is 552 g/mol. The van der Waals surface area contributed by atoms with Gasteiger partial charge in [-0.05, 0) is 65.3 Å². The van der Waals surface area contributed by atoms with Crippen LogP contribution in [0.5, 0.6) is 11.5 Å². The molecule has 0 aromatic heterocycles. The van der Waals surface area contributed by atoms with Crippen molar-refractivity contribution in [2.45, 2.75) is 25.5 Å². The molecule has 1 saturated heterocycles. The van der Waals surface area contributed by atoms with Crippen LogP contribution < -0.4 is 15.4 Å². The number of amidine groups is 1. The van der Waals surface area contributed by atoms with Crippen LogP contribution in [0.1, 0.15) is 23.1 Å². The van der Waals surface area contributed by atoms with Crippen LogP contribution in [0.4, 0.5) is 5.69 Å². The summed E-state index contributed by atoms with van der Waals surface area (Å²) in [5, 5.41) is 23.2. The lowest BCUT2D eigenvalue weighted by Crippen LogP contribution is -2.28. The van der Waals surface area contributed by atoms with E-state index in [9.17, 15) is 14.7 Å². The van der Waals surface area contributed by atoms with E-state index in [1.807, 2.05) is 54.6 Å². The van der Waals surface area contributed by atoms with E-state index in [2.05, 4.69) is 20.8 Å². The average Bonchev–Trinajstić information content (AvgIpc) is 3.06. The van der Waals surface area contributed by atoms with Crippen LogP contribution in [0.3, 0.4) is 0 Å². The van der Waals surface area contributed by atoms with Crippen molar-refractivity contribution < 1.29 is 19.4 Å². The number of phenols is 1. The molecule has 31 heavy (non-hydrogen) atoms. The SMILES string of the molecule is COc1cc(C=N/N=C2/NC(=O)C(CC(=O)Nc3c(C)cccc3C)S2)cc(I)c1O. The summed E-state index contributed by atoms with van der Waals surface area (Å²) in [6.45, 7) is 3.85. The van der Waals surface area contributed by atoms with Crippen molar-refractivity contribution in [3.8, 4) is 11.5 Å². The predicted molar refractivity (Wildman–Crippen MR) is 131 cm³/mol. The lowest BCUT2D eigenvalue weighted by molar-refractivity contribution is -0.122. The highest BCUT2D eigenvalue weighted by Crippen LogP contribution is 2.32. The van der Waals surface area contributed by atoms with Crippen molar-refractivity contribution in [2.75, 3.05) is 12.4 Å². The van der Waals surface area contributed by atoms with E-state index < -0.39 is 5.25 Å². The first kappa shape index (κ1) is 23.1. The quantitative estimate of drug-likeness (QED) is 0.288. The molecule has 8 nitrogen and oxygen atoms in total. The maximum Gasteiger partial charge on any atom is 0.240 e. The molecule has 0 saturated carbocycles. The average molecular weight is 552 g/mol. The van der Waals surface area contributed by atoms with Gasteiger partial charge in [-0.2, -0.15) is 5.10 Å². The number of phenolic OH excluding ortho intramolecular Hbond substituents is 1. The van der Waals surface area contributed by atoms with Gasteiger partial charge in [0.15, 0.2) is 16.7 Å². The highest BCUT2D eigenvalue weighted by Gasteiger charge is 2.32. The van der Waals surface area contributed by atoms with Crippen molar-refractivity contribution in [2.24, 2.45) is 10.2 Å². The third kappa shape index (κ3) is 5.76. The highest BCUT2D eigenvalue weighted by molar-refractivity contribution is 14.1. The topological polar surface area (TPSA) is 112 Å². The number of aryl methyl sites for hydroxylation is 2. The number of carbonyl (C=O) groups is 2. The molecule has 0 aliphatic carbocycles. The fourth-order valence-corrected chi connectivity index (χ4v) is 4.48. The molecule has 2 amide bonds. The number of nitrogens with one attached hydrogen (secondary N) is 2. The first-order valence-electron chi connectivity index (χ1n) is 9.29. The Labute approximate surface area is 197 Å². The van der Waals surface area contributed by atoms with Gasteiger partial charge in [0.2, 0.25) is 11.8 Å². The van der Waals surface area contributed by atoms with E-state index in [0.29, 0.717) is 20.1 Å².